The van der Waals surface area contributed by atoms with Crippen molar-refractivity contribution in [3.8, 4) is 0 Å². The monoisotopic (exact) mass is 291 g/mol. The molecule has 2 aromatic carbocycles. The smallest absolute Gasteiger partial charge is 0.0562 e. The number of hydrogen-bond donors (Lipinski definition) is 1. The Morgan fingerprint density at radius 3 is 2.26 bits per heavy atom. The van der Waals surface area contributed by atoms with Crippen LogP contribution in [0.25, 0.3) is 0 Å². The number of nitrogens with two attached hydrogens (primary N) is 1. The van der Waals surface area contributed by atoms with E-state index in [1.54, 1.807) is 17.8 Å². The van der Waals surface area contributed by atoms with Crippen molar-refractivity contribution in [2.45, 2.75) is 31.4 Å². The molecular weight excluding hydrogens is 274 g/mol. The third kappa shape index (κ3) is 3.46. The van der Waals surface area contributed by atoms with Crippen LogP contribution in [0.5, 0.6) is 0 Å². The summed E-state index contributed by atoms with van der Waals surface area (Å²) in [5.74, 6) is 0.932. The van der Waals surface area contributed by atoms with E-state index in [1.165, 1.54) is 22.3 Å². The van der Waals surface area contributed by atoms with Gasteiger partial charge in [-0.2, -0.15) is 0 Å². The van der Waals surface area contributed by atoms with Gasteiger partial charge >= 0.3 is 0 Å². The molecule has 0 atom stereocenters. The lowest BCUT2D eigenvalue weighted by Gasteiger charge is -2.12. The highest BCUT2D eigenvalue weighted by atomic mass is 35.5. The molecule has 0 bridgehead atoms. The van der Waals surface area contributed by atoms with E-state index < -0.39 is 0 Å². The summed E-state index contributed by atoms with van der Waals surface area (Å²) in [5, 5.41) is 0.729. The SMILES string of the molecule is Cc1cc(C)c(CSc2ccc(N)cc2Cl)c(C)c1. The molecule has 0 radical (unpaired) electrons. The molecule has 0 amide bonds. The van der Waals surface area contributed by atoms with Gasteiger partial charge in [0.05, 0.1) is 5.02 Å². The summed E-state index contributed by atoms with van der Waals surface area (Å²) in [4.78, 5) is 1.08. The minimum atomic E-state index is 0.706. The molecule has 3 heteroatoms. The van der Waals surface area contributed by atoms with Gasteiger partial charge in [-0.05, 0) is 55.7 Å². The van der Waals surface area contributed by atoms with E-state index in [4.69, 9.17) is 17.3 Å². The van der Waals surface area contributed by atoms with Gasteiger partial charge in [-0.1, -0.05) is 29.3 Å². The van der Waals surface area contributed by atoms with Crippen LogP contribution in [0, 0.1) is 20.8 Å². The van der Waals surface area contributed by atoms with Crippen LogP contribution in [0.2, 0.25) is 5.02 Å². The first kappa shape index (κ1) is 14.3. The van der Waals surface area contributed by atoms with Crippen LogP contribution >= 0.6 is 23.4 Å². The lowest BCUT2D eigenvalue weighted by molar-refractivity contribution is 1.21. The normalized spacial score (nSPS) is 10.7. The molecule has 2 aromatic rings. The average Bonchev–Trinajstić information content (AvgIpc) is 2.30. The molecule has 0 saturated heterocycles. The zero-order chi connectivity index (χ0) is 14.0. The molecule has 0 heterocycles. The van der Waals surface area contributed by atoms with Crippen LogP contribution in [0.15, 0.2) is 35.2 Å². The summed E-state index contributed by atoms with van der Waals surface area (Å²) >= 11 is 7.96. The first-order valence-electron chi connectivity index (χ1n) is 6.22. The van der Waals surface area contributed by atoms with Crippen molar-refractivity contribution in [2.75, 3.05) is 5.73 Å². The Labute approximate surface area is 124 Å². The molecule has 2 rings (SSSR count). The first-order valence-corrected chi connectivity index (χ1v) is 7.58. The predicted molar refractivity (Wildman–Crippen MR) is 86.1 cm³/mol. The second kappa shape index (κ2) is 5.89. The van der Waals surface area contributed by atoms with Crippen LogP contribution in [0.1, 0.15) is 22.3 Å². The zero-order valence-electron chi connectivity index (χ0n) is 11.5. The van der Waals surface area contributed by atoms with Gasteiger partial charge in [-0.3, -0.25) is 0 Å². The fourth-order valence-electron chi connectivity index (χ4n) is 2.22. The van der Waals surface area contributed by atoms with Crippen molar-refractivity contribution in [1.82, 2.24) is 0 Å². The van der Waals surface area contributed by atoms with Crippen molar-refractivity contribution in [3.05, 3.63) is 57.6 Å². The van der Waals surface area contributed by atoms with Crippen LogP contribution in [-0.4, -0.2) is 0 Å². The Morgan fingerprint density at radius 2 is 1.68 bits per heavy atom. The number of hydrogen-bond acceptors (Lipinski definition) is 2. The summed E-state index contributed by atoms with van der Waals surface area (Å²) in [6, 6.07) is 10.1. The van der Waals surface area contributed by atoms with Gasteiger partial charge in [0.25, 0.3) is 0 Å². The second-order valence-electron chi connectivity index (χ2n) is 4.86. The molecule has 2 N–H and O–H groups in total. The molecule has 0 saturated carbocycles. The number of thioether (sulfide) groups is 1. The summed E-state index contributed by atoms with van der Waals surface area (Å²) in [7, 11) is 0. The number of rotatable bonds is 3. The van der Waals surface area contributed by atoms with Crippen molar-refractivity contribution in [3.63, 3.8) is 0 Å². The number of anilines is 1. The van der Waals surface area contributed by atoms with E-state index >= 15 is 0 Å². The van der Waals surface area contributed by atoms with E-state index in [9.17, 15) is 0 Å². The Hall–Kier alpha value is -1.12. The van der Waals surface area contributed by atoms with Crippen LogP contribution in [-0.2, 0) is 5.75 Å². The number of halogens is 1. The van der Waals surface area contributed by atoms with Crippen molar-refractivity contribution in [2.24, 2.45) is 0 Å². The van der Waals surface area contributed by atoms with Gasteiger partial charge in [0.2, 0.25) is 0 Å². The fraction of sp³-hybridized carbons (Fsp3) is 0.250. The molecule has 0 aliphatic rings. The maximum absolute atomic E-state index is 6.20. The lowest BCUT2D eigenvalue weighted by Crippen LogP contribution is -1.93. The summed E-state index contributed by atoms with van der Waals surface area (Å²) in [6.07, 6.45) is 0. The van der Waals surface area contributed by atoms with Crippen molar-refractivity contribution >= 4 is 29.1 Å². The maximum atomic E-state index is 6.20. The van der Waals surface area contributed by atoms with Gasteiger partial charge in [0.15, 0.2) is 0 Å². The van der Waals surface area contributed by atoms with Crippen LogP contribution in [0.4, 0.5) is 5.69 Å². The van der Waals surface area contributed by atoms with E-state index in [1.807, 2.05) is 12.1 Å². The molecule has 0 aliphatic carbocycles. The van der Waals surface area contributed by atoms with Crippen LogP contribution < -0.4 is 5.73 Å². The number of nitrogen functional groups attached to an aromatic ring is 1. The molecule has 100 valence electrons. The molecule has 0 fully saturated rings. The van der Waals surface area contributed by atoms with Crippen LogP contribution in [0.3, 0.4) is 0 Å². The Morgan fingerprint density at radius 1 is 1.05 bits per heavy atom. The highest BCUT2D eigenvalue weighted by Gasteiger charge is 2.07. The number of benzene rings is 2. The van der Waals surface area contributed by atoms with Gasteiger partial charge in [0, 0.05) is 16.3 Å². The van der Waals surface area contributed by atoms with Crippen molar-refractivity contribution < 1.29 is 0 Å². The average molecular weight is 292 g/mol. The highest BCUT2D eigenvalue weighted by Crippen LogP contribution is 2.32. The van der Waals surface area contributed by atoms with E-state index in [0.717, 1.165) is 15.7 Å². The highest BCUT2D eigenvalue weighted by molar-refractivity contribution is 7.98. The Balaban J connectivity index is 2.19. The first-order chi connectivity index (χ1) is 8.97. The summed E-state index contributed by atoms with van der Waals surface area (Å²) in [6.45, 7) is 6.47. The molecule has 1 nitrogen and oxygen atoms in total. The molecule has 19 heavy (non-hydrogen) atoms. The van der Waals surface area contributed by atoms with E-state index in [2.05, 4.69) is 32.9 Å². The molecule has 0 aliphatic heterocycles. The maximum Gasteiger partial charge on any atom is 0.0562 e. The predicted octanol–water partition coefficient (Wildman–Crippen LogP) is 5.14. The molecule has 0 aromatic heterocycles. The number of aryl methyl sites for hydroxylation is 3. The standard InChI is InChI=1S/C16H18ClNS/c1-10-6-11(2)14(12(3)7-10)9-19-16-5-4-13(18)8-15(16)17/h4-8H,9,18H2,1-3H3. The topological polar surface area (TPSA) is 26.0 Å². The van der Waals surface area contributed by atoms with Crippen molar-refractivity contribution in [1.29, 1.82) is 0 Å². The Bertz CT molecular complexity index is 585. The minimum absolute atomic E-state index is 0.706. The fourth-order valence-corrected chi connectivity index (χ4v) is 3.69. The molecular formula is C16H18ClNS. The van der Waals surface area contributed by atoms with E-state index in [-0.39, 0.29) is 0 Å². The van der Waals surface area contributed by atoms with Gasteiger partial charge in [0.1, 0.15) is 0 Å². The Kier molecular flexibility index (Phi) is 4.43. The second-order valence-corrected chi connectivity index (χ2v) is 6.28. The summed E-state index contributed by atoms with van der Waals surface area (Å²) in [5.41, 5.74) is 11.8. The van der Waals surface area contributed by atoms with E-state index in [0.29, 0.717) is 5.69 Å². The van der Waals surface area contributed by atoms with Gasteiger partial charge < -0.3 is 5.73 Å². The van der Waals surface area contributed by atoms with Gasteiger partial charge in [-0.15, -0.1) is 11.8 Å². The summed E-state index contributed by atoms with van der Waals surface area (Å²) < 4.78 is 0. The largest absolute Gasteiger partial charge is 0.399 e. The zero-order valence-corrected chi connectivity index (χ0v) is 13.0. The van der Waals surface area contributed by atoms with Gasteiger partial charge in [-0.25, -0.2) is 0 Å². The lowest BCUT2D eigenvalue weighted by atomic mass is 10.0. The third-order valence-corrected chi connectivity index (χ3v) is 4.69. The molecule has 0 unspecified atom stereocenters. The quantitative estimate of drug-likeness (QED) is 0.626. The third-order valence-electron chi connectivity index (χ3n) is 3.17. The molecule has 0 spiro atoms. The minimum Gasteiger partial charge on any atom is -0.399 e.